The molecule has 0 amide bonds. The van der Waals surface area contributed by atoms with Gasteiger partial charge in [-0.15, -0.1) is 0 Å². The van der Waals surface area contributed by atoms with Gasteiger partial charge in [-0.2, -0.15) is 0 Å². The molecule has 0 atom stereocenters. The highest BCUT2D eigenvalue weighted by atomic mass is 16.4. The summed E-state index contributed by atoms with van der Waals surface area (Å²) in [7, 11) is 0. The summed E-state index contributed by atoms with van der Waals surface area (Å²) in [5.41, 5.74) is 2.62. The van der Waals surface area contributed by atoms with Crippen molar-refractivity contribution in [2.24, 2.45) is 0 Å². The number of nitrogens with zero attached hydrogens (tertiary/aromatic N) is 2. The van der Waals surface area contributed by atoms with E-state index in [1.807, 2.05) is 19.1 Å². The van der Waals surface area contributed by atoms with Gasteiger partial charge in [-0.25, -0.2) is 4.98 Å². The fourth-order valence-electron chi connectivity index (χ4n) is 2.69. The molecule has 2 aromatic heterocycles. The highest BCUT2D eigenvalue weighted by molar-refractivity contribution is 5.21. The van der Waals surface area contributed by atoms with Gasteiger partial charge in [-0.3, -0.25) is 0 Å². The molecule has 0 spiro atoms. The van der Waals surface area contributed by atoms with Crippen LogP contribution in [0.3, 0.4) is 0 Å². The van der Waals surface area contributed by atoms with Crippen molar-refractivity contribution in [3.63, 3.8) is 0 Å². The minimum Gasteiger partial charge on any atom is -0.462 e. The van der Waals surface area contributed by atoms with Crippen LogP contribution in [-0.4, -0.2) is 14.7 Å². The first-order valence-electron chi connectivity index (χ1n) is 6.51. The van der Waals surface area contributed by atoms with Crippen molar-refractivity contribution in [3.05, 3.63) is 40.9 Å². The Hall–Kier alpha value is -1.55. The predicted molar refractivity (Wildman–Crippen MR) is 67.3 cm³/mol. The average Bonchev–Trinajstić information content (AvgIpc) is 2.96. The molecule has 3 rings (SSSR count). The van der Waals surface area contributed by atoms with Crippen LogP contribution < -0.4 is 0 Å². The van der Waals surface area contributed by atoms with Crippen molar-refractivity contribution in [3.8, 4) is 0 Å². The fraction of sp³-hybridized carbons (Fsp3) is 0.500. The average molecular weight is 246 g/mol. The summed E-state index contributed by atoms with van der Waals surface area (Å²) in [6.07, 6.45) is 4.71. The van der Waals surface area contributed by atoms with Gasteiger partial charge >= 0.3 is 0 Å². The second-order valence-electron chi connectivity index (χ2n) is 4.87. The maximum atomic E-state index is 9.01. The molecule has 4 heteroatoms. The molecule has 18 heavy (non-hydrogen) atoms. The number of fused-ring (bicyclic) bond motifs is 1. The monoisotopic (exact) mass is 246 g/mol. The lowest BCUT2D eigenvalue weighted by Crippen LogP contribution is -2.10. The first-order chi connectivity index (χ1) is 8.78. The molecule has 0 radical (unpaired) electrons. The number of aromatic nitrogens is 2. The molecule has 4 nitrogen and oxygen atoms in total. The second-order valence-corrected chi connectivity index (χ2v) is 4.87. The Balaban J connectivity index is 1.90. The summed E-state index contributed by atoms with van der Waals surface area (Å²) < 4.78 is 7.80. The van der Waals surface area contributed by atoms with Crippen LogP contribution in [0.25, 0.3) is 0 Å². The number of hydrogen-bond donors (Lipinski definition) is 1. The first-order valence-corrected chi connectivity index (χ1v) is 6.51. The molecule has 0 aromatic carbocycles. The molecule has 1 aliphatic rings. The largest absolute Gasteiger partial charge is 0.462 e. The Kier molecular flexibility index (Phi) is 2.96. The zero-order valence-corrected chi connectivity index (χ0v) is 10.6. The highest BCUT2D eigenvalue weighted by Gasteiger charge is 2.18. The Morgan fingerprint density at radius 2 is 2.06 bits per heavy atom. The number of furan rings is 1. The zero-order valence-electron chi connectivity index (χ0n) is 10.6. The predicted octanol–water partition coefficient (Wildman–Crippen LogP) is 2.20. The van der Waals surface area contributed by atoms with Crippen molar-refractivity contribution >= 4 is 0 Å². The SMILES string of the molecule is Cc1nc2c(n1Cc1ccc(CO)o1)CCCC2. The third-order valence-corrected chi connectivity index (χ3v) is 3.61. The third-order valence-electron chi connectivity index (χ3n) is 3.61. The van der Waals surface area contributed by atoms with E-state index < -0.39 is 0 Å². The smallest absolute Gasteiger partial charge is 0.129 e. The van der Waals surface area contributed by atoms with Crippen molar-refractivity contribution in [2.45, 2.75) is 45.8 Å². The van der Waals surface area contributed by atoms with Gasteiger partial charge < -0.3 is 14.1 Å². The van der Waals surface area contributed by atoms with Gasteiger partial charge in [0.25, 0.3) is 0 Å². The standard InChI is InChI=1S/C14H18N2O2/c1-10-15-13-4-2-3-5-14(13)16(10)8-11-6-7-12(9-17)18-11/h6-7,17H,2-5,8-9H2,1H3. The summed E-state index contributed by atoms with van der Waals surface area (Å²) in [6.45, 7) is 2.73. The Bertz CT molecular complexity index is 554. The molecule has 0 aliphatic heterocycles. The topological polar surface area (TPSA) is 51.2 Å². The van der Waals surface area contributed by atoms with E-state index in [1.165, 1.54) is 24.2 Å². The van der Waals surface area contributed by atoms with E-state index in [2.05, 4.69) is 9.55 Å². The lowest BCUT2D eigenvalue weighted by Gasteiger charge is -2.13. The van der Waals surface area contributed by atoms with Crippen molar-refractivity contribution in [1.82, 2.24) is 9.55 Å². The molecule has 1 aliphatic carbocycles. The number of aliphatic hydroxyl groups is 1. The van der Waals surface area contributed by atoms with Crippen LogP contribution in [0, 0.1) is 6.92 Å². The third kappa shape index (κ3) is 1.97. The van der Waals surface area contributed by atoms with Crippen LogP contribution in [0.5, 0.6) is 0 Å². The molecule has 2 aromatic rings. The van der Waals surface area contributed by atoms with Crippen LogP contribution >= 0.6 is 0 Å². The summed E-state index contributed by atoms with van der Waals surface area (Å²) in [4.78, 5) is 4.65. The number of aryl methyl sites for hydroxylation is 2. The maximum Gasteiger partial charge on any atom is 0.129 e. The van der Waals surface area contributed by atoms with E-state index in [-0.39, 0.29) is 6.61 Å². The molecular formula is C14H18N2O2. The second kappa shape index (κ2) is 4.61. The lowest BCUT2D eigenvalue weighted by molar-refractivity contribution is 0.243. The first kappa shape index (κ1) is 11.5. The van der Waals surface area contributed by atoms with Crippen molar-refractivity contribution in [2.75, 3.05) is 0 Å². The molecule has 96 valence electrons. The Morgan fingerprint density at radius 3 is 2.83 bits per heavy atom. The number of hydrogen-bond acceptors (Lipinski definition) is 3. The van der Waals surface area contributed by atoms with Crippen LogP contribution in [0.2, 0.25) is 0 Å². The van der Waals surface area contributed by atoms with Crippen LogP contribution in [0.15, 0.2) is 16.5 Å². The molecule has 2 heterocycles. The van der Waals surface area contributed by atoms with E-state index >= 15 is 0 Å². The van der Waals surface area contributed by atoms with Crippen LogP contribution in [-0.2, 0) is 26.0 Å². The van der Waals surface area contributed by atoms with E-state index in [0.29, 0.717) is 12.3 Å². The van der Waals surface area contributed by atoms with E-state index in [4.69, 9.17) is 9.52 Å². The molecular weight excluding hydrogens is 228 g/mol. The quantitative estimate of drug-likeness (QED) is 0.903. The number of imidazole rings is 1. The zero-order chi connectivity index (χ0) is 12.5. The van der Waals surface area contributed by atoms with Gasteiger partial charge in [0.1, 0.15) is 24.0 Å². The van der Waals surface area contributed by atoms with Crippen LogP contribution in [0.4, 0.5) is 0 Å². The number of rotatable bonds is 3. The Morgan fingerprint density at radius 1 is 1.28 bits per heavy atom. The summed E-state index contributed by atoms with van der Waals surface area (Å²) in [5, 5.41) is 9.01. The summed E-state index contributed by atoms with van der Waals surface area (Å²) in [6, 6.07) is 3.76. The van der Waals surface area contributed by atoms with E-state index in [0.717, 1.165) is 24.4 Å². The van der Waals surface area contributed by atoms with Gasteiger partial charge in [-0.05, 0) is 44.7 Å². The molecule has 0 bridgehead atoms. The molecule has 1 N–H and O–H groups in total. The highest BCUT2D eigenvalue weighted by Crippen LogP contribution is 2.23. The normalized spacial score (nSPS) is 14.8. The van der Waals surface area contributed by atoms with E-state index in [9.17, 15) is 0 Å². The molecule has 0 saturated carbocycles. The summed E-state index contributed by atoms with van der Waals surface area (Å²) >= 11 is 0. The minimum atomic E-state index is -0.0407. The fourth-order valence-corrected chi connectivity index (χ4v) is 2.69. The maximum absolute atomic E-state index is 9.01. The van der Waals surface area contributed by atoms with Gasteiger partial charge in [0.2, 0.25) is 0 Å². The van der Waals surface area contributed by atoms with Crippen molar-refractivity contribution in [1.29, 1.82) is 0 Å². The lowest BCUT2D eigenvalue weighted by atomic mass is 10.0. The van der Waals surface area contributed by atoms with Gasteiger partial charge in [0.15, 0.2) is 0 Å². The number of aliphatic hydroxyl groups excluding tert-OH is 1. The van der Waals surface area contributed by atoms with Gasteiger partial charge in [0, 0.05) is 5.69 Å². The molecule has 0 unspecified atom stereocenters. The molecule has 0 saturated heterocycles. The molecule has 0 fully saturated rings. The van der Waals surface area contributed by atoms with Gasteiger partial charge in [0.05, 0.1) is 12.2 Å². The van der Waals surface area contributed by atoms with Gasteiger partial charge in [-0.1, -0.05) is 0 Å². The summed E-state index contributed by atoms with van der Waals surface area (Å²) in [5.74, 6) is 2.56. The van der Waals surface area contributed by atoms with Crippen molar-refractivity contribution < 1.29 is 9.52 Å². The Labute approximate surface area is 106 Å². The van der Waals surface area contributed by atoms with Crippen LogP contribution in [0.1, 0.15) is 41.6 Å². The minimum absolute atomic E-state index is 0.0407. The van der Waals surface area contributed by atoms with E-state index in [1.54, 1.807) is 0 Å².